The Labute approximate surface area is 112 Å². The summed E-state index contributed by atoms with van der Waals surface area (Å²) in [5.41, 5.74) is 5.09. The lowest BCUT2D eigenvalue weighted by Gasteiger charge is -2.30. The number of aromatic nitrogens is 1. The Hall–Kier alpha value is -1.49. The highest BCUT2D eigenvalue weighted by Crippen LogP contribution is 2.30. The van der Waals surface area contributed by atoms with Crippen molar-refractivity contribution in [1.82, 2.24) is 10.4 Å². The minimum absolute atomic E-state index is 0.0215. The van der Waals surface area contributed by atoms with Crippen LogP contribution in [-0.4, -0.2) is 17.7 Å². The first-order chi connectivity index (χ1) is 9.40. The van der Waals surface area contributed by atoms with Crippen LogP contribution in [0, 0.1) is 0 Å². The number of nitrogens with zero attached hydrogens (tertiary/aromatic N) is 1. The lowest BCUT2D eigenvalue weighted by Crippen LogP contribution is -2.39. The minimum Gasteiger partial charge on any atom is -0.376 e. The van der Waals surface area contributed by atoms with Crippen molar-refractivity contribution in [3.05, 3.63) is 42.1 Å². The van der Waals surface area contributed by atoms with E-state index in [4.69, 9.17) is 10.6 Å². The Kier molecular flexibility index (Phi) is 3.73. The first-order valence-corrected chi connectivity index (χ1v) is 6.81. The van der Waals surface area contributed by atoms with E-state index in [-0.39, 0.29) is 12.1 Å². The van der Waals surface area contributed by atoms with Crippen LogP contribution in [0.25, 0.3) is 10.9 Å². The maximum Gasteiger partial charge on any atom is 0.0782 e. The molecule has 1 aliphatic heterocycles. The van der Waals surface area contributed by atoms with E-state index in [1.54, 1.807) is 0 Å². The van der Waals surface area contributed by atoms with E-state index >= 15 is 0 Å². The Balaban J connectivity index is 2.00. The molecule has 0 aliphatic carbocycles. The van der Waals surface area contributed by atoms with Crippen LogP contribution in [0.3, 0.4) is 0 Å². The van der Waals surface area contributed by atoms with E-state index in [9.17, 15) is 0 Å². The quantitative estimate of drug-likeness (QED) is 0.654. The van der Waals surface area contributed by atoms with Crippen molar-refractivity contribution in [2.24, 2.45) is 5.84 Å². The van der Waals surface area contributed by atoms with Gasteiger partial charge in [-0.3, -0.25) is 16.3 Å². The number of hydrazine groups is 1. The van der Waals surface area contributed by atoms with Gasteiger partial charge in [-0.2, -0.15) is 0 Å². The van der Waals surface area contributed by atoms with Crippen LogP contribution in [0.15, 0.2) is 36.5 Å². The summed E-state index contributed by atoms with van der Waals surface area (Å²) < 4.78 is 5.87. The second-order valence-electron chi connectivity index (χ2n) is 4.97. The molecule has 4 heteroatoms. The normalized spacial score (nSPS) is 21.4. The molecule has 4 nitrogen and oxygen atoms in total. The standard InChI is InChI=1S/C15H19N3O/c16-18-15(14-8-1-2-10-19-14)12-5-3-7-13-11(12)6-4-9-17-13/h3-7,9,14-15,18H,1-2,8,10,16H2. The fourth-order valence-corrected chi connectivity index (χ4v) is 2.82. The van der Waals surface area contributed by atoms with E-state index < -0.39 is 0 Å². The number of hydrogen-bond acceptors (Lipinski definition) is 4. The molecule has 0 spiro atoms. The van der Waals surface area contributed by atoms with Gasteiger partial charge in [-0.25, -0.2) is 0 Å². The number of benzene rings is 1. The molecule has 2 heterocycles. The van der Waals surface area contributed by atoms with Gasteiger partial charge in [-0.15, -0.1) is 0 Å². The van der Waals surface area contributed by atoms with Crippen molar-refractivity contribution in [3.8, 4) is 0 Å². The number of ether oxygens (including phenoxy) is 1. The van der Waals surface area contributed by atoms with E-state index in [0.717, 1.165) is 30.4 Å². The van der Waals surface area contributed by atoms with Crippen LogP contribution in [-0.2, 0) is 4.74 Å². The average Bonchev–Trinajstić information content (AvgIpc) is 2.49. The largest absolute Gasteiger partial charge is 0.376 e. The second-order valence-corrected chi connectivity index (χ2v) is 4.97. The Morgan fingerprint density at radius 2 is 2.21 bits per heavy atom. The molecule has 3 N–H and O–H groups in total. The van der Waals surface area contributed by atoms with E-state index in [2.05, 4.69) is 22.5 Å². The zero-order chi connectivity index (χ0) is 13.1. The fraction of sp³-hybridized carbons (Fsp3) is 0.400. The van der Waals surface area contributed by atoms with E-state index in [1.165, 1.54) is 12.0 Å². The van der Waals surface area contributed by atoms with Gasteiger partial charge in [0.05, 0.1) is 17.7 Å². The van der Waals surface area contributed by atoms with E-state index in [1.807, 2.05) is 24.4 Å². The molecular weight excluding hydrogens is 238 g/mol. The number of nitrogens with one attached hydrogen (secondary N) is 1. The fourth-order valence-electron chi connectivity index (χ4n) is 2.82. The topological polar surface area (TPSA) is 60.2 Å². The van der Waals surface area contributed by atoms with Gasteiger partial charge in [-0.1, -0.05) is 18.2 Å². The molecule has 19 heavy (non-hydrogen) atoms. The van der Waals surface area contributed by atoms with Gasteiger partial charge < -0.3 is 4.74 Å². The summed E-state index contributed by atoms with van der Waals surface area (Å²) in [5, 5.41) is 1.14. The molecule has 0 bridgehead atoms. The third-order valence-electron chi connectivity index (χ3n) is 3.78. The second kappa shape index (κ2) is 5.65. The Morgan fingerprint density at radius 1 is 1.26 bits per heavy atom. The first kappa shape index (κ1) is 12.5. The molecule has 0 amide bonds. The van der Waals surface area contributed by atoms with Gasteiger partial charge >= 0.3 is 0 Å². The molecule has 0 radical (unpaired) electrons. The lowest BCUT2D eigenvalue weighted by molar-refractivity contribution is -0.00792. The van der Waals surface area contributed by atoms with Gasteiger partial charge in [0.25, 0.3) is 0 Å². The first-order valence-electron chi connectivity index (χ1n) is 6.81. The van der Waals surface area contributed by atoms with Crippen molar-refractivity contribution in [2.45, 2.75) is 31.4 Å². The monoisotopic (exact) mass is 257 g/mol. The number of pyridine rings is 1. The summed E-state index contributed by atoms with van der Waals surface area (Å²) in [7, 11) is 0. The highest BCUT2D eigenvalue weighted by molar-refractivity contribution is 5.82. The van der Waals surface area contributed by atoms with E-state index in [0.29, 0.717) is 0 Å². The Morgan fingerprint density at radius 3 is 3.00 bits per heavy atom. The van der Waals surface area contributed by atoms with Gasteiger partial charge in [0.15, 0.2) is 0 Å². The SMILES string of the molecule is NNC(c1cccc2ncccc12)C1CCCCO1. The Bertz CT molecular complexity index is 547. The molecule has 0 saturated carbocycles. The zero-order valence-electron chi connectivity index (χ0n) is 10.9. The van der Waals surface area contributed by atoms with Gasteiger partial charge in [0, 0.05) is 18.2 Å². The van der Waals surface area contributed by atoms with Gasteiger partial charge in [0.2, 0.25) is 0 Å². The van der Waals surface area contributed by atoms with Crippen molar-refractivity contribution >= 4 is 10.9 Å². The third kappa shape index (κ3) is 2.47. The molecular formula is C15H19N3O. The van der Waals surface area contributed by atoms with Crippen LogP contribution in [0.4, 0.5) is 0 Å². The highest BCUT2D eigenvalue weighted by atomic mass is 16.5. The molecule has 1 aromatic heterocycles. The van der Waals surface area contributed by atoms with Crippen LogP contribution in [0.1, 0.15) is 30.9 Å². The summed E-state index contributed by atoms with van der Waals surface area (Å²) in [6.07, 6.45) is 5.35. The van der Waals surface area contributed by atoms with Crippen molar-refractivity contribution in [1.29, 1.82) is 0 Å². The molecule has 100 valence electrons. The summed E-state index contributed by atoms with van der Waals surface area (Å²) in [6.45, 7) is 0.825. The molecule has 2 unspecified atom stereocenters. The maximum absolute atomic E-state index is 5.87. The summed E-state index contributed by atoms with van der Waals surface area (Å²) in [4.78, 5) is 4.39. The molecule has 3 rings (SSSR count). The molecule has 1 fully saturated rings. The number of rotatable bonds is 3. The molecule has 1 aliphatic rings. The smallest absolute Gasteiger partial charge is 0.0782 e. The lowest BCUT2D eigenvalue weighted by atomic mass is 9.93. The summed E-state index contributed by atoms with van der Waals surface area (Å²) in [6, 6.07) is 10.2. The number of fused-ring (bicyclic) bond motifs is 1. The van der Waals surface area contributed by atoms with Crippen LogP contribution < -0.4 is 11.3 Å². The molecule has 1 aromatic carbocycles. The van der Waals surface area contributed by atoms with Crippen LogP contribution in [0.2, 0.25) is 0 Å². The zero-order valence-corrected chi connectivity index (χ0v) is 10.9. The molecule has 1 saturated heterocycles. The number of nitrogens with two attached hydrogens (primary N) is 1. The summed E-state index contributed by atoms with van der Waals surface area (Å²) >= 11 is 0. The van der Waals surface area contributed by atoms with Gasteiger partial charge in [0.1, 0.15) is 0 Å². The maximum atomic E-state index is 5.87. The molecule has 2 atom stereocenters. The van der Waals surface area contributed by atoms with Gasteiger partial charge in [-0.05, 0) is 37.0 Å². The predicted octanol–water partition coefficient (Wildman–Crippen LogP) is 2.31. The molecule has 2 aromatic rings. The minimum atomic E-state index is 0.0215. The van der Waals surface area contributed by atoms with Crippen LogP contribution in [0.5, 0.6) is 0 Å². The number of hydrogen-bond donors (Lipinski definition) is 2. The third-order valence-corrected chi connectivity index (χ3v) is 3.78. The van der Waals surface area contributed by atoms with Crippen molar-refractivity contribution < 1.29 is 4.74 Å². The summed E-state index contributed by atoms with van der Waals surface area (Å²) in [5.74, 6) is 5.78. The van der Waals surface area contributed by atoms with Crippen molar-refractivity contribution in [2.75, 3.05) is 6.61 Å². The predicted molar refractivity (Wildman–Crippen MR) is 75.4 cm³/mol. The van der Waals surface area contributed by atoms with Crippen molar-refractivity contribution in [3.63, 3.8) is 0 Å². The van der Waals surface area contributed by atoms with Crippen LogP contribution >= 0.6 is 0 Å². The average molecular weight is 257 g/mol. The highest BCUT2D eigenvalue weighted by Gasteiger charge is 2.26.